The summed E-state index contributed by atoms with van der Waals surface area (Å²) in [7, 11) is 0. The molecule has 0 aliphatic heterocycles. The summed E-state index contributed by atoms with van der Waals surface area (Å²) in [5, 5.41) is 0. The van der Waals surface area contributed by atoms with Gasteiger partial charge in [0, 0.05) is 6.42 Å². The first-order valence-electron chi connectivity index (χ1n) is 10.0. The molecule has 0 radical (unpaired) electrons. The van der Waals surface area contributed by atoms with E-state index in [2.05, 4.69) is 36.4 Å². The molecular weight excluding hydrogens is 362 g/mol. The van der Waals surface area contributed by atoms with Crippen LogP contribution in [-0.4, -0.2) is 0 Å². The molecule has 3 aromatic rings. The molecule has 0 aliphatic rings. The summed E-state index contributed by atoms with van der Waals surface area (Å²) < 4.78 is 28.9. The quantitative estimate of drug-likeness (QED) is 0.273. The minimum Gasteiger partial charge on any atom is -0.242 e. The maximum absolute atomic E-state index is 14.4. The van der Waals surface area contributed by atoms with Gasteiger partial charge in [-0.25, -0.2) is 8.78 Å². The zero-order chi connectivity index (χ0) is 20.5. The molecule has 0 heterocycles. The molecule has 3 rings (SSSR count). The first-order valence-corrected chi connectivity index (χ1v) is 10.0. The molecule has 0 nitrogen and oxygen atoms in total. The molecule has 0 N–H and O–H groups in total. The third-order valence-electron chi connectivity index (χ3n) is 4.92. The van der Waals surface area contributed by atoms with Gasteiger partial charge in [-0.05, 0) is 53.6 Å². The number of hydrogen-bond acceptors (Lipinski definition) is 0. The van der Waals surface area contributed by atoms with Crippen LogP contribution in [0.4, 0.5) is 8.78 Å². The Hall–Kier alpha value is -3.00. The predicted octanol–water partition coefficient (Wildman–Crippen LogP) is 7.76. The third kappa shape index (κ3) is 6.25. The summed E-state index contributed by atoms with van der Waals surface area (Å²) in [4.78, 5) is 0. The van der Waals surface area contributed by atoms with Crippen molar-refractivity contribution < 1.29 is 8.78 Å². The van der Waals surface area contributed by atoms with Crippen molar-refractivity contribution >= 4 is 12.2 Å². The van der Waals surface area contributed by atoms with Crippen LogP contribution in [0.25, 0.3) is 12.2 Å². The van der Waals surface area contributed by atoms with Crippen molar-refractivity contribution in [1.29, 1.82) is 0 Å². The van der Waals surface area contributed by atoms with Gasteiger partial charge in [0.15, 0.2) is 0 Å². The Balaban J connectivity index is 1.62. The normalized spacial score (nSPS) is 12.7. The highest BCUT2D eigenvalue weighted by molar-refractivity contribution is 5.69. The minimum atomic E-state index is -1.21. The summed E-state index contributed by atoms with van der Waals surface area (Å²) in [5.74, 6) is -0.370. The predicted molar refractivity (Wildman–Crippen MR) is 119 cm³/mol. The molecule has 0 aromatic heterocycles. The van der Waals surface area contributed by atoms with E-state index in [4.69, 9.17) is 0 Å². The van der Waals surface area contributed by atoms with Crippen molar-refractivity contribution in [3.05, 3.63) is 119 Å². The molecule has 0 bridgehead atoms. The van der Waals surface area contributed by atoms with Gasteiger partial charge >= 0.3 is 0 Å². The fourth-order valence-corrected chi connectivity index (χ4v) is 3.21. The van der Waals surface area contributed by atoms with Crippen molar-refractivity contribution in [2.24, 2.45) is 0 Å². The first kappa shape index (κ1) is 20.7. The maximum Gasteiger partial charge on any atom is 0.129 e. The Morgan fingerprint density at radius 1 is 0.862 bits per heavy atom. The molecule has 0 saturated carbocycles. The van der Waals surface area contributed by atoms with Gasteiger partial charge in [-0.1, -0.05) is 91.0 Å². The van der Waals surface area contributed by atoms with E-state index in [1.807, 2.05) is 31.2 Å². The van der Waals surface area contributed by atoms with Crippen molar-refractivity contribution in [3.8, 4) is 0 Å². The molecule has 2 heteroatoms. The fraction of sp³-hybridized carbons (Fsp3) is 0.185. The lowest BCUT2D eigenvalue weighted by atomic mass is 10.0. The van der Waals surface area contributed by atoms with Gasteiger partial charge in [-0.3, -0.25) is 0 Å². The number of allylic oxidation sites excluding steroid dienone is 2. The Morgan fingerprint density at radius 3 is 2.24 bits per heavy atom. The number of hydrogen-bond donors (Lipinski definition) is 0. The smallest absolute Gasteiger partial charge is 0.129 e. The third-order valence-corrected chi connectivity index (χ3v) is 4.92. The zero-order valence-electron chi connectivity index (χ0n) is 16.7. The van der Waals surface area contributed by atoms with Crippen LogP contribution in [0, 0.1) is 5.82 Å². The van der Waals surface area contributed by atoms with Crippen LogP contribution < -0.4 is 0 Å². The van der Waals surface area contributed by atoms with E-state index in [0.29, 0.717) is 11.1 Å². The highest BCUT2D eigenvalue weighted by Crippen LogP contribution is 2.24. The molecular formula is C27H26F2. The molecule has 3 aromatic carbocycles. The van der Waals surface area contributed by atoms with E-state index in [-0.39, 0.29) is 12.2 Å². The van der Waals surface area contributed by atoms with Gasteiger partial charge in [0.05, 0.1) is 0 Å². The maximum atomic E-state index is 14.4. The van der Waals surface area contributed by atoms with Crippen molar-refractivity contribution in [3.63, 3.8) is 0 Å². The topological polar surface area (TPSA) is 0 Å². The van der Waals surface area contributed by atoms with Gasteiger partial charge in [0.1, 0.15) is 12.0 Å². The van der Waals surface area contributed by atoms with E-state index >= 15 is 0 Å². The zero-order valence-corrected chi connectivity index (χ0v) is 16.7. The molecule has 148 valence electrons. The SMILES string of the molecule is C/C=C/CCc1ccc(C=Cc2ccc(C[C@H](F)c3ccccc3)c(F)c2)cc1. The number of benzene rings is 3. The number of alkyl halides is 1. The summed E-state index contributed by atoms with van der Waals surface area (Å²) in [6.45, 7) is 2.03. The van der Waals surface area contributed by atoms with Crippen LogP contribution in [-0.2, 0) is 12.8 Å². The van der Waals surface area contributed by atoms with Crippen LogP contribution >= 0.6 is 0 Å². The Morgan fingerprint density at radius 2 is 1.55 bits per heavy atom. The van der Waals surface area contributed by atoms with Crippen LogP contribution in [0.15, 0.2) is 84.9 Å². The van der Waals surface area contributed by atoms with E-state index in [1.54, 1.807) is 30.3 Å². The summed E-state index contributed by atoms with van der Waals surface area (Å²) in [5.41, 5.74) is 4.10. The molecule has 29 heavy (non-hydrogen) atoms. The van der Waals surface area contributed by atoms with Gasteiger partial charge in [-0.15, -0.1) is 0 Å². The van der Waals surface area contributed by atoms with E-state index in [1.165, 1.54) is 11.6 Å². The first-order chi connectivity index (χ1) is 14.2. The summed E-state index contributed by atoms with van der Waals surface area (Å²) >= 11 is 0. The van der Waals surface area contributed by atoms with Gasteiger partial charge in [0.25, 0.3) is 0 Å². The van der Waals surface area contributed by atoms with Crippen LogP contribution in [0.1, 0.15) is 47.3 Å². The van der Waals surface area contributed by atoms with Gasteiger partial charge < -0.3 is 0 Å². The number of aryl methyl sites for hydroxylation is 1. The molecule has 0 fully saturated rings. The highest BCUT2D eigenvalue weighted by Gasteiger charge is 2.13. The Labute approximate surface area is 172 Å². The lowest BCUT2D eigenvalue weighted by molar-refractivity contribution is 0.338. The van der Waals surface area contributed by atoms with E-state index in [9.17, 15) is 8.78 Å². The lowest BCUT2D eigenvalue weighted by Gasteiger charge is -2.10. The average Bonchev–Trinajstić information content (AvgIpc) is 2.75. The van der Waals surface area contributed by atoms with Crippen molar-refractivity contribution in [2.75, 3.05) is 0 Å². The van der Waals surface area contributed by atoms with E-state index < -0.39 is 6.17 Å². The second-order valence-corrected chi connectivity index (χ2v) is 7.12. The second kappa shape index (κ2) is 10.5. The number of rotatable bonds is 8. The lowest BCUT2D eigenvalue weighted by Crippen LogP contribution is -1.99. The fourth-order valence-electron chi connectivity index (χ4n) is 3.21. The van der Waals surface area contributed by atoms with Crippen LogP contribution in [0.5, 0.6) is 0 Å². The number of halogens is 2. The van der Waals surface area contributed by atoms with Crippen molar-refractivity contribution in [2.45, 2.75) is 32.4 Å². The minimum absolute atomic E-state index is 0.0362. The molecule has 0 aliphatic carbocycles. The Bertz CT molecular complexity index is 954. The summed E-state index contributed by atoms with van der Waals surface area (Å²) in [6, 6.07) is 22.2. The Kier molecular flexibility index (Phi) is 7.52. The van der Waals surface area contributed by atoms with Crippen LogP contribution in [0.2, 0.25) is 0 Å². The van der Waals surface area contributed by atoms with Gasteiger partial charge in [0.2, 0.25) is 0 Å². The summed E-state index contributed by atoms with van der Waals surface area (Å²) in [6.07, 6.45) is 8.97. The standard InChI is InChI=1S/C27H26F2/c1-2-3-5-8-21-11-13-22(14-12-21)15-16-23-17-18-25(26(28)19-23)20-27(29)24-9-6-4-7-10-24/h2-4,6-7,9-19,27H,5,8,20H2,1H3/b3-2+,16-15?/t27-/m0/s1. The second-order valence-electron chi connectivity index (χ2n) is 7.12. The highest BCUT2D eigenvalue weighted by atomic mass is 19.1. The average molecular weight is 389 g/mol. The van der Waals surface area contributed by atoms with E-state index in [0.717, 1.165) is 24.0 Å². The van der Waals surface area contributed by atoms with Gasteiger partial charge in [-0.2, -0.15) is 0 Å². The van der Waals surface area contributed by atoms with Crippen molar-refractivity contribution in [1.82, 2.24) is 0 Å². The molecule has 0 unspecified atom stereocenters. The van der Waals surface area contributed by atoms with Crippen LogP contribution in [0.3, 0.4) is 0 Å². The molecule has 0 saturated heterocycles. The largest absolute Gasteiger partial charge is 0.242 e. The molecule has 1 atom stereocenters. The molecule has 0 spiro atoms. The monoisotopic (exact) mass is 388 g/mol. The molecule has 0 amide bonds.